The van der Waals surface area contributed by atoms with Gasteiger partial charge in [-0.3, -0.25) is 4.79 Å². The Bertz CT molecular complexity index is 1100. The molecular weight excluding hydrogens is 529 g/mol. The Morgan fingerprint density at radius 1 is 1.14 bits per heavy atom. The largest absolute Gasteiger partial charge is 0.393 e. The van der Waals surface area contributed by atoms with Crippen molar-refractivity contribution < 1.29 is 19.4 Å². The molecule has 1 amide bonds. The van der Waals surface area contributed by atoms with Crippen LogP contribution in [0.1, 0.15) is 60.9 Å². The van der Waals surface area contributed by atoms with Gasteiger partial charge in [0, 0.05) is 51.4 Å². The van der Waals surface area contributed by atoms with E-state index in [9.17, 15) is 19.4 Å². The monoisotopic (exact) mass is 561 g/mol. The van der Waals surface area contributed by atoms with Crippen molar-refractivity contribution in [2.75, 3.05) is 50.7 Å². The lowest BCUT2D eigenvalue weighted by atomic mass is 9.95. The number of rotatable bonds is 5. The summed E-state index contributed by atoms with van der Waals surface area (Å²) in [5.41, 5.74) is 2.40. The van der Waals surface area contributed by atoms with Gasteiger partial charge in [0.05, 0.1) is 28.3 Å². The molecule has 0 unspecified atom stereocenters. The number of hydrogen-bond acceptors (Lipinski definition) is 7. The first-order valence-corrected chi connectivity index (χ1v) is 13.5. The Kier molecular flexibility index (Phi) is 7.57. The van der Waals surface area contributed by atoms with E-state index in [0.29, 0.717) is 62.0 Å². The number of piperazine rings is 1. The third-order valence-corrected chi connectivity index (χ3v) is 8.45. The number of aliphatic hydroxyl groups is 2. The van der Waals surface area contributed by atoms with Crippen LogP contribution in [0.2, 0.25) is 0 Å². The number of aromatic nitrogens is 2. The molecule has 1 aliphatic carbocycles. The van der Waals surface area contributed by atoms with E-state index in [-0.39, 0.29) is 23.7 Å². The number of carbonyl (C=O) groups is 1. The van der Waals surface area contributed by atoms with Crippen molar-refractivity contribution in [1.82, 2.24) is 19.8 Å². The lowest BCUT2D eigenvalue weighted by molar-refractivity contribution is -0.133. The van der Waals surface area contributed by atoms with Gasteiger partial charge < -0.3 is 24.9 Å². The highest BCUT2D eigenvalue weighted by molar-refractivity contribution is 9.10. The van der Waals surface area contributed by atoms with Gasteiger partial charge in [0.2, 0.25) is 5.91 Å². The number of piperidine rings is 1. The van der Waals surface area contributed by atoms with Gasteiger partial charge in [0.15, 0.2) is 0 Å². The van der Waals surface area contributed by atoms with Gasteiger partial charge in [0.1, 0.15) is 18.0 Å². The van der Waals surface area contributed by atoms with Gasteiger partial charge in [-0.05, 0) is 58.8 Å². The average Bonchev–Trinajstić information content (AvgIpc) is 3.18. The predicted molar refractivity (Wildman–Crippen MR) is 137 cm³/mol. The molecule has 0 radical (unpaired) electrons. The lowest BCUT2D eigenvalue weighted by Crippen LogP contribution is -2.52. The maximum atomic E-state index is 14.4. The van der Waals surface area contributed by atoms with Crippen LogP contribution in [-0.4, -0.2) is 87.8 Å². The zero-order chi connectivity index (χ0) is 25.4. The standard InChI is InChI=1S/C26H33BrFN5O3/c1-16-12-22(35)24-23(16)25(30-15-29-24)32-8-10-33(11-9-32)26(36)19(14-31-6-4-18(34)5-7-31)17-2-3-20(27)21(28)13-17/h2-3,13,15-16,18-19,22,34-35H,4-12,14H2,1H3/t16-,19+,22-/m1/s1. The number of amides is 1. The third-order valence-electron chi connectivity index (χ3n) is 7.81. The van der Waals surface area contributed by atoms with Gasteiger partial charge in [-0.2, -0.15) is 0 Å². The first-order chi connectivity index (χ1) is 17.3. The van der Waals surface area contributed by atoms with Crippen molar-refractivity contribution in [2.45, 2.75) is 50.2 Å². The van der Waals surface area contributed by atoms with E-state index in [0.717, 1.165) is 30.2 Å². The van der Waals surface area contributed by atoms with Crippen LogP contribution in [0.4, 0.5) is 10.2 Å². The maximum Gasteiger partial charge on any atom is 0.231 e. The number of anilines is 1. The van der Waals surface area contributed by atoms with E-state index in [1.54, 1.807) is 6.07 Å². The van der Waals surface area contributed by atoms with Crippen LogP contribution in [0.25, 0.3) is 0 Å². The number of benzene rings is 1. The van der Waals surface area contributed by atoms with Gasteiger partial charge in [-0.25, -0.2) is 14.4 Å². The molecule has 1 aromatic carbocycles. The fraction of sp³-hybridized carbons (Fsp3) is 0.577. The third kappa shape index (κ3) is 5.14. The number of aliphatic hydroxyl groups excluding tert-OH is 2. The number of likely N-dealkylation sites (tertiary alicyclic amines) is 1. The van der Waals surface area contributed by atoms with Gasteiger partial charge >= 0.3 is 0 Å². The number of fused-ring (bicyclic) bond motifs is 1. The predicted octanol–water partition coefficient (Wildman–Crippen LogP) is 2.81. The Labute approximate surface area is 219 Å². The molecule has 2 saturated heterocycles. The molecule has 3 heterocycles. The molecule has 3 atom stereocenters. The summed E-state index contributed by atoms with van der Waals surface area (Å²) >= 11 is 3.21. The quantitative estimate of drug-likeness (QED) is 0.579. The van der Waals surface area contributed by atoms with Crippen molar-refractivity contribution in [3.63, 3.8) is 0 Å². The fourth-order valence-electron chi connectivity index (χ4n) is 5.73. The van der Waals surface area contributed by atoms with Crippen LogP contribution >= 0.6 is 15.9 Å². The van der Waals surface area contributed by atoms with Crippen LogP contribution in [0.3, 0.4) is 0 Å². The van der Waals surface area contributed by atoms with Crippen LogP contribution in [0, 0.1) is 5.82 Å². The Morgan fingerprint density at radius 2 is 1.86 bits per heavy atom. The number of carbonyl (C=O) groups excluding carboxylic acids is 1. The summed E-state index contributed by atoms with van der Waals surface area (Å²) in [6.45, 7) is 6.39. The smallest absolute Gasteiger partial charge is 0.231 e. The summed E-state index contributed by atoms with van der Waals surface area (Å²) in [7, 11) is 0. The van der Waals surface area contributed by atoms with E-state index < -0.39 is 12.0 Å². The second-order valence-electron chi connectivity index (χ2n) is 10.2. The molecule has 5 rings (SSSR count). The molecule has 0 spiro atoms. The average molecular weight is 562 g/mol. The van der Waals surface area contributed by atoms with Gasteiger partial charge in [0.25, 0.3) is 0 Å². The molecule has 2 aromatic rings. The van der Waals surface area contributed by atoms with E-state index in [2.05, 4.69) is 42.6 Å². The van der Waals surface area contributed by atoms with Crippen LogP contribution in [0.15, 0.2) is 29.0 Å². The van der Waals surface area contributed by atoms with Crippen molar-refractivity contribution in [2.24, 2.45) is 0 Å². The number of halogens is 2. The minimum atomic E-state index is -0.553. The molecule has 0 bridgehead atoms. The summed E-state index contributed by atoms with van der Waals surface area (Å²) in [5.74, 6) is 0.185. The van der Waals surface area contributed by atoms with Gasteiger partial charge in [-0.15, -0.1) is 0 Å². The molecule has 2 fully saturated rings. The highest BCUT2D eigenvalue weighted by Crippen LogP contribution is 2.42. The topological polar surface area (TPSA) is 93.0 Å². The molecule has 194 valence electrons. The normalized spacial score (nSPS) is 24.1. The highest BCUT2D eigenvalue weighted by Gasteiger charge is 2.35. The molecule has 2 N–H and O–H groups in total. The first kappa shape index (κ1) is 25.5. The van der Waals surface area contributed by atoms with E-state index in [1.165, 1.54) is 12.4 Å². The van der Waals surface area contributed by atoms with Gasteiger partial charge in [-0.1, -0.05) is 13.0 Å². The zero-order valence-electron chi connectivity index (χ0n) is 20.5. The Morgan fingerprint density at radius 3 is 2.56 bits per heavy atom. The van der Waals surface area contributed by atoms with Crippen LogP contribution < -0.4 is 4.90 Å². The summed E-state index contributed by atoms with van der Waals surface area (Å²) < 4.78 is 14.8. The summed E-state index contributed by atoms with van der Waals surface area (Å²) in [5, 5.41) is 20.2. The van der Waals surface area contributed by atoms with E-state index in [4.69, 9.17) is 0 Å². The molecular formula is C26H33BrFN5O3. The molecule has 36 heavy (non-hydrogen) atoms. The summed E-state index contributed by atoms with van der Waals surface area (Å²) in [6, 6.07) is 4.94. The van der Waals surface area contributed by atoms with Crippen molar-refractivity contribution in [3.8, 4) is 0 Å². The zero-order valence-corrected chi connectivity index (χ0v) is 22.1. The molecule has 3 aliphatic rings. The maximum absolute atomic E-state index is 14.4. The van der Waals surface area contributed by atoms with Crippen molar-refractivity contribution >= 4 is 27.7 Å². The summed E-state index contributed by atoms with van der Waals surface area (Å²) in [4.78, 5) is 28.9. The SMILES string of the molecule is C[C@@H]1C[C@@H](O)c2ncnc(N3CCN(C(=O)[C@@H](CN4CCC(O)CC4)c4ccc(Br)c(F)c4)CC3)c21. The Hall–Kier alpha value is -2.14. The second-order valence-corrected chi connectivity index (χ2v) is 11.1. The lowest BCUT2D eigenvalue weighted by Gasteiger charge is -2.39. The van der Waals surface area contributed by atoms with E-state index >= 15 is 0 Å². The number of nitrogens with zero attached hydrogens (tertiary/aromatic N) is 5. The number of hydrogen-bond donors (Lipinski definition) is 2. The molecule has 8 nitrogen and oxygen atoms in total. The highest BCUT2D eigenvalue weighted by atomic mass is 79.9. The molecule has 1 aromatic heterocycles. The molecule has 10 heteroatoms. The Balaban J connectivity index is 1.31. The van der Waals surface area contributed by atoms with E-state index in [1.807, 2.05) is 11.0 Å². The first-order valence-electron chi connectivity index (χ1n) is 12.7. The van der Waals surface area contributed by atoms with Crippen molar-refractivity contribution in [1.29, 1.82) is 0 Å². The fourth-order valence-corrected chi connectivity index (χ4v) is 5.98. The summed E-state index contributed by atoms with van der Waals surface area (Å²) in [6.07, 6.45) is 2.69. The molecule has 2 aliphatic heterocycles. The molecule has 0 saturated carbocycles. The second kappa shape index (κ2) is 10.7. The van der Waals surface area contributed by atoms with Crippen LogP contribution in [-0.2, 0) is 4.79 Å². The minimum absolute atomic E-state index is 0.000740. The van der Waals surface area contributed by atoms with Crippen molar-refractivity contribution in [3.05, 3.63) is 51.6 Å². The minimum Gasteiger partial charge on any atom is -0.393 e. The van der Waals surface area contributed by atoms with Crippen LogP contribution in [0.5, 0.6) is 0 Å².